The fraction of sp³-hybridized carbons (Fsp3) is 0.0435. The van der Waals surface area contributed by atoms with Crippen LogP contribution in [-0.2, 0) is 0 Å². The third kappa shape index (κ3) is 2.71. The Kier molecular flexibility index (Phi) is 4.14. The first-order valence-electron chi connectivity index (χ1n) is 8.48. The van der Waals surface area contributed by atoms with E-state index >= 15 is 0 Å². The van der Waals surface area contributed by atoms with E-state index in [1.165, 1.54) is 0 Å². The van der Waals surface area contributed by atoms with Crippen molar-refractivity contribution in [3.63, 3.8) is 0 Å². The Labute approximate surface area is 151 Å². The highest BCUT2D eigenvalue weighted by Gasteiger charge is 2.34. The summed E-state index contributed by atoms with van der Waals surface area (Å²) in [6, 6.07) is 24.9. The van der Waals surface area contributed by atoms with Crippen LogP contribution < -0.4 is 0 Å². The van der Waals surface area contributed by atoms with E-state index < -0.39 is 5.92 Å². The average Bonchev–Trinajstić information content (AvgIpc) is 2.87. The number of hydrogen-bond donors (Lipinski definition) is 0. The van der Waals surface area contributed by atoms with Crippen LogP contribution in [0.15, 0.2) is 84.9 Å². The highest BCUT2D eigenvalue weighted by molar-refractivity contribution is 6.46. The Balaban J connectivity index is 1.87. The van der Waals surface area contributed by atoms with Gasteiger partial charge in [-0.25, -0.2) is 0 Å². The second-order valence-electron chi connectivity index (χ2n) is 6.19. The maximum atomic E-state index is 12.9. The van der Waals surface area contributed by atoms with Gasteiger partial charge in [0, 0.05) is 5.56 Å². The molecule has 3 heteroatoms. The maximum absolute atomic E-state index is 12.9. The summed E-state index contributed by atoms with van der Waals surface area (Å²) >= 11 is 0. The third-order valence-corrected chi connectivity index (χ3v) is 4.69. The lowest BCUT2D eigenvalue weighted by Crippen LogP contribution is -2.23. The van der Waals surface area contributed by atoms with E-state index in [0.717, 1.165) is 22.3 Å². The average molecular weight is 336 g/mol. The number of carbonyl (C=O) groups excluding carboxylic acids is 1. The normalized spacial score (nSPS) is 14.5. The molecule has 0 saturated carbocycles. The van der Waals surface area contributed by atoms with Crippen molar-refractivity contribution in [3.8, 4) is 11.1 Å². The van der Waals surface area contributed by atoms with Crippen LogP contribution in [-0.4, -0.2) is 16.3 Å². The zero-order valence-corrected chi connectivity index (χ0v) is 14.0. The molecule has 26 heavy (non-hydrogen) atoms. The summed E-state index contributed by atoms with van der Waals surface area (Å²) < 4.78 is 0. The molecule has 0 spiro atoms. The molecule has 0 aromatic heterocycles. The number of nitrogens with zero attached hydrogens (tertiary/aromatic N) is 2. The molecule has 1 unspecified atom stereocenters. The van der Waals surface area contributed by atoms with Crippen LogP contribution in [0.1, 0.15) is 27.4 Å². The number of benzene rings is 3. The lowest BCUT2D eigenvalue weighted by atomic mass is 9.86. The number of hydrogen-bond acceptors (Lipinski definition) is 1. The van der Waals surface area contributed by atoms with E-state index in [4.69, 9.17) is 0 Å². The van der Waals surface area contributed by atoms with Crippen LogP contribution in [0.3, 0.4) is 0 Å². The van der Waals surface area contributed by atoms with Gasteiger partial charge in [0.1, 0.15) is 5.92 Å². The van der Waals surface area contributed by atoms with Gasteiger partial charge in [0.05, 0.1) is 0 Å². The van der Waals surface area contributed by atoms with Gasteiger partial charge in [0.25, 0.3) is 5.78 Å². The van der Waals surface area contributed by atoms with Crippen molar-refractivity contribution < 1.29 is 9.58 Å². The van der Waals surface area contributed by atoms with E-state index in [-0.39, 0.29) is 11.5 Å². The Morgan fingerprint density at radius 3 is 2.23 bits per heavy atom. The minimum absolute atomic E-state index is 0.118. The van der Waals surface area contributed by atoms with Gasteiger partial charge in [-0.1, -0.05) is 91.0 Å². The number of fused-ring (bicyclic) bond motifs is 3. The maximum Gasteiger partial charge on any atom is 0.350 e. The number of carbonyl (C=O) groups is 1. The van der Waals surface area contributed by atoms with Crippen LogP contribution in [0.25, 0.3) is 22.7 Å². The third-order valence-electron chi connectivity index (χ3n) is 4.69. The monoisotopic (exact) mass is 336 g/mol. The van der Waals surface area contributed by atoms with Crippen LogP contribution in [0, 0.1) is 0 Å². The summed E-state index contributed by atoms with van der Waals surface area (Å²) in [7, 11) is 0. The minimum Gasteiger partial charge on any atom is -0.361 e. The first-order valence-corrected chi connectivity index (χ1v) is 8.48. The molecule has 1 aliphatic rings. The summed E-state index contributed by atoms with van der Waals surface area (Å²) in [5.74, 6) is -0.695. The zero-order valence-electron chi connectivity index (χ0n) is 14.0. The van der Waals surface area contributed by atoms with Crippen molar-refractivity contribution in [1.82, 2.24) is 0 Å². The second kappa shape index (κ2) is 6.75. The summed E-state index contributed by atoms with van der Waals surface area (Å²) in [5, 5.41) is 0. The molecular weight excluding hydrogens is 320 g/mol. The van der Waals surface area contributed by atoms with Gasteiger partial charge in [0.2, 0.25) is 0 Å². The lowest BCUT2D eigenvalue weighted by molar-refractivity contribution is -0.00955. The largest absolute Gasteiger partial charge is 0.361 e. The van der Waals surface area contributed by atoms with Gasteiger partial charge >= 0.3 is 5.71 Å². The van der Waals surface area contributed by atoms with E-state index in [2.05, 4.69) is 10.9 Å². The Bertz CT molecular complexity index is 1060. The van der Waals surface area contributed by atoms with Crippen LogP contribution in [0.5, 0.6) is 0 Å². The predicted octanol–water partition coefficient (Wildman–Crippen LogP) is 5.02. The highest BCUT2D eigenvalue weighted by atomic mass is 16.1. The number of Topliss-reactive ketones (excluding diaryl/α,β-unsaturated/α-hetero) is 1. The predicted molar refractivity (Wildman–Crippen MR) is 103 cm³/mol. The fourth-order valence-corrected chi connectivity index (χ4v) is 3.43. The molecule has 4 rings (SSSR count). The molecular formula is C23H16N2O. The summed E-state index contributed by atoms with van der Waals surface area (Å²) in [6.45, 7) is 0. The summed E-state index contributed by atoms with van der Waals surface area (Å²) in [5.41, 5.74) is 14.5. The topological polar surface area (TPSA) is 53.5 Å². The molecule has 3 aromatic carbocycles. The Hall–Kier alpha value is -3.55. The van der Waals surface area contributed by atoms with E-state index in [1.54, 1.807) is 24.3 Å². The van der Waals surface area contributed by atoms with E-state index in [9.17, 15) is 10.3 Å². The highest BCUT2D eigenvalue weighted by Crippen LogP contribution is 2.37. The Morgan fingerprint density at radius 1 is 0.808 bits per heavy atom. The number of ketones is 1. The van der Waals surface area contributed by atoms with Gasteiger partial charge in [-0.3, -0.25) is 4.79 Å². The fourth-order valence-electron chi connectivity index (χ4n) is 3.43. The molecule has 3 nitrogen and oxygen atoms in total. The molecule has 0 amide bonds. The van der Waals surface area contributed by atoms with Crippen molar-refractivity contribution in [2.45, 2.75) is 5.92 Å². The summed E-state index contributed by atoms with van der Waals surface area (Å²) in [6.07, 6.45) is 3.92. The van der Waals surface area contributed by atoms with Crippen molar-refractivity contribution >= 4 is 17.6 Å². The molecule has 0 saturated heterocycles. The molecule has 124 valence electrons. The van der Waals surface area contributed by atoms with Gasteiger partial charge in [0.15, 0.2) is 0 Å². The molecule has 1 atom stereocenters. The standard InChI is InChI=1S/C23H16N2O/c24-25-22(23(26)17-9-2-1-3-10-17)21-15-14-16-8-4-5-11-18(16)19-12-6-7-13-20(19)21/h1-15,21H. The first-order chi connectivity index (χ1) is 12.8. The molecule has 0 fully saturated rings. The molecule has 0 aliphatic heterocycles. The molecule has 0 radical (unpaired) electrons. The quantitative estimate of drug-likeness (QED) is 0.287. The van der Waals surface area contributed by atoms with Gasteiger partial charge in [-0.05, 0) is 22.3 Å². The zero-order chi connectivity index (χ0) is 17.9. The molecule has 0 N–H and O–H groups in total. The molecule has 0 heterocycles. The van der Waals surface area contributed by atoms with Crippen LogP contribution >= 0.6 is 0 Å². The van der Waals surface area contributed by atoms with Crippen molar-refractivity contribution in [3.05, 3.63) is 107 Å². The van der Waals surface area contributed by atoms with Gasteiger partial charge in [-0.15, -0.1) is 0 Å². The molecule has 1 aliphatic carbocycles. The van der Waals surface area contributed by atoms with Crippen LogP contribution in [0.4, 0.5) is 0 Å². The van der Waals surface area contributed by atoms with E-state index in [1.807, 2.05) is 60.7 Å². The lowest BCUT2D eigenvalue weighted by Gasteiger charge is -2.13. The summed E-state index contributed by atoms with van der Waals surface area (Å²) in [4.78, 5) is 16.4. The van der Waals surface area contributed by atoms with Crippen LogP contribution in [0.2, 0.25) is 0 Å². The van der Waals surface area contributed by atoms with Crippen molar-refractivity contribution in [1.29, 1.82) is 0 Å². The van der Waals surface area contributed by atoms with Crippen molar-refractivity contribution in [2.24, 2.45) is 0 Å². The van der Waals surface area contributed by atoms with Gasteiger partial charge in [-0.2, -0.15) is 4.79 Å². The van der Waals surface area contributed by atoms with Gasteiger partial charge < -0.3 is 5.53 Å². The molecule has 0 bridgehead atoms. The SMILES string of the molecule is [N-]=[N+]=C(C(=O)c1ccccc1)C1C=Cc2ccccc2-c2ccccc21. The molecule has 3 aromatic rings. The first kappa shape index (κ1) is 15.9. The second-order valence-corrected chi connectivity index (χ2v) is 6.19. The van der Waals surface area contributed by atoms with Crippen molar-refractivity contribution in [2.75, 3.05) is 0 Å². The minimum atomic E-state index is -0.420. The number of allylic oxidation sites excluding steroid dienone is 1. The number of rotatable bonds is 3. The Morgan fingerprint density at radius 2 is 1.46 bits per heavy atom. The smallest absolute Gasteiger partial charge is 0.350 e. The van der Waals surface area contributed by atoms with E-state index in [0.29, 0.717) is 5.56 Å².